The molecule has 0 aliphatic carbocycles. The number of thiophene rings is 1. The first-order chi connectivity index (χ1) is 15.0. The smallest absolute Gasteiger partial charge is 0.341 e. The first-order valence-electron chi connectivity index (χ1n) is 9.63. The van der Waals surface area contributed by atoms with Gasteiger partial charge in [0.2, 0.25) is 11.1 Å². The Kier molecular flexibility index (Phi) is 7.64. The second-order valence-electron chi connectivity index (χ2n) is 6.32. The lowest BCUT2D eigenvalue weighted by atomic mass is 10.1. The molecule has 0 saturated carbocycles. The Balaban J connectivity index is 1.71. The SMILES string of the molecule is CCOC(=O)c1c(NC(=O)CSc2nnnn2-c2ccc(OC)cc2)sc(C)c1CC. The summed E-state index contributed by atoms with van der Waals surface area (Å²) in [5, 5.41) is 15.5. The van der Waals surface area contributed by atoms with Gasteiger partial charge in [0.1, 0.15) is 10.8 Å². The van der Waals surface area contributed by atoms with Gasteiger partial charge in [0, 0.05) is 4.88 Å². The molecule has 31 heavy (non-hydrogen) atoms. The van der Waals surface area contributed by atoms with E-state index in [0.29, 0.717) is 22.1 Å². The van der Waals surface area contributed by atoms with Crippen LogP contribution in [0.2, 0.25) is 0 Å². The van der Waals surface area contributed by atoms with Crippen molar-refractivity contribution in [1.82, 2.24) is 20.2 Å². The van der Waals surface area contributed by atoms with Gasteiger partial charge in [-0.05, 0) is 60.5 Å². The van der Waals surface area contributed by atoms with Crippen molar-refractivity contribution in [1.29, 1.82) is 0 Å². The fourth-order valence-electron chi connectivity index (χ4n) is 2.96. The van der Waals surface area contributed by atoms with Crippen LogP contribution < -0.4 is 10.1 Å². The van der Waals surface area contributed by atoms with Crippen LogP contribution in [0.4, 0.5) is 5.00 Å². The van der Waals surface area contributed by atoms with Gasteiger partial charge in [-0.2, -0.15) is 4.68 Å². The van der Waals surface area contributed by atoms with Gasteiger partial charge < -0.3 is 14.8 Å². The molecule has 0 bridgehead atoms. The normalized spacial score (nSPS) is 10.7. The fraction of sp³-hybridized carbons (Fsp3) is 0.350. The van der Waals surface area contributed by atoms with E-state index in [2.05, 4.69) is 20.8 Å². The molecule has 11 heteroatoms. The summed E-state index contributed by atoms with van der Waals surface area (Å²) in [6.07, 6.45) is 0.678. The highest BCUT2D eigenvalue weighted by atomic mass is 32.2. The monoisotopic (exact) mass is 461 g/mol. The van der Waals surface area contributed by atoms with E-state index in [9.17, 15) is 9.59 Å². The number of hydrogen-bond acceptors (Lipinski definition) is 9. The standard InChI is InChI=1S/C20H23N5O4S2/c1-5-15-12(3)31-18(17(15)19(27)29-6-2)21-16(26)11-30-20-22-23-24-25(20)13-7-9-14(28-4)10-8-13/h7-10H,5-6,11H2,1-4H3,(H,21,26). The number of hydrogen-bond donors (Lipinski definition) is 1. The number of tetrazole rings is 1. The van der Waals surface area contributed by atoms with E-state index in [1.165, 1.54) is 23.1 Å². The predicted molar refractivity (Wildman–Crippen MR) is 119 cm³/mol. The maximum atomic E-state index is 12.6. The van der Waals surface area contributed by atoms with Crippen LogP contribution in [-0.2, 0) is 16.0 Å². The number of amides is 1. The van der Waals surface area contributed by atoms with Crippen molar-refractivity contribution in [3.63, 3.8) is 0 Å². The average Bonchev–Trinajstić information content (AvgIpc) is 3.36. The highest BCUT2D eigenvalue weighted by molar-refractivity contribution is 7.99. The van der Waals surface area contributed by atoms with Gasteiger partial charge in [-0.3, -0.25) is 4.79 Å². The lowest BCUT2D eigenvalue weighted by Crippen LogP contribution is -2.17. The van der Waals surface area contributed by atoms with E-state index in [1.807, 2.05) is 26.0 Å². The minimum atomic E-state index is -0.421. The summed E-state index contributed by atoms with van der Waals surface area (Å²) in [5.41, 5.74) is 2.09. The minimum Gasteiger partial charge on any atom is -0.497 e. The van der Waals surface area contributed by atoms with Gasteiger partial charge in [0.05, 0.1) is 30.7 Å². The summed E-state index contributed by atoms with van der Waals surface area (Å²) in [5.74, 6) is 0.122. The fourth-order valence-corrected chi connectivity index (χ4v) is 4.80. The molecule has 0 unspecified atom stereocenters. The van der Waals surface area contributed by atoms with Crippen molar-refractivity contribution >= 4 is 40.0 Å². The summed E-state index contributed by atoms with van der Waals surface area (Å²) in [4.78, 5) is 26.0. The number of esters is 1. The molecule has 9 nitrogen and oxygen atoms in total. The second-order valence-corrected chi connectivity index (χ2v) is 8.49. The average molecular weight is 462 g/mol. The highest BCUT2D eigenvalue weighted by Gasteiger charge is 2.23. The zero-order valence-electron chi connectivity index (χ0n) is 17.7. The molecule has 3 rings (SSSR count). The van der Waals surface area contributed by atoms with Gasteiger partial charge in [-0.15, -0.1) is 16.4 Å². The van der Waals surface area contributed by atoms with Gasteiger partial charge in [0.15, 0.2) is 0 Å². The van der Waals surface area contributed by atoms with Crippen molar-refractivity contribution in [2.75, 3.05) is 24.8 Å². The molecular formula is C20H23N5O4S2. The molecule has 2 aromatic heterocycles. The van der Waals surface area contributed by atoms with E-state index in [0.717, 1.165) is 21.9 Å². The maximum absolute atomic E-state index is 12.6. The molecular weight excluding hydrogens is 438 g/mol. The topological polar surface area (TPSA) is 108 Å². The Morgan fingerprint density at radius 2 is 1.97 bits per heavy atom. The molecule has 1 amide bonds. The summed E-state index contributed by atoms with van der Waals surface area (Å²) < 4.78 is 11.9. The van der Waals surface area contributed by atoms with Gasteiger partial charge in [0.25, 0.3) is 0 Å². The zero-order chi connectivity index (χ0) is 22.4. The molecule has 1 aromatic carbocycles. The Morgan fingerprint density at radius 3 is 2.61 bits per heavy atom. The summed E-state index contributed by atoms with van der Waals surface area (Å²) in [6.45, 7) is 5.93. The zero-order valence-corrected chi connectivity index (χ0v) is 19.3. The molecule has 0 aliphatic rings. The summed E-state index contributed by atoms with van der Waals surface area (Å²) in [6, 6.07) is 7.26. The number of methoxy groups -OCH3 is 1. The number of rotatable bonds is 9. The predicted octanol–water partition coefficient (Wildman–Crippen LogP) is 3.51. The third-order valence-electron chi connectivity index (χ3n) is 4.39. The lowest BCUT2D eigenvalue weighted by Gasteiger charge is -2.08. The molecule has 164 valence electrons. The van der Waals surface area contributed by atoms with E-state index in [1.54, 1.807) is 30.8 Å². The summed E-state index contributed by atoms with van der Waals surface area (Å²) >= 11 is 2.57. The minimum absolute atomic E-state index is 0.0806. The number of aryl methyl sites for hydroxylation is 1. The number of carbonyl (C=O) groups is 2. The molecule has 0 saturated heterocycles. The first kappa shape index (κ1) is 22.8. The second kappa shape index (κ2) is 10.4. The van der Waals surface area contributed by atoms with Crippen molar-refractivity contribution in [3.8, 4) is 11.4 Å². The Morgan fingerprint density at radius 1 is 1.23 bits per heavy atom. The highest BCUT2D eigenvalue weighted by Crippen LogP contribution is 2.34. The van der Waals surface area contributed by atoms with Crippen LogP contribution in [0, 0.1) is 6.92 Å². The largest absolute Gasteiger partial charge is 0.497 e. The Hall–Kier alpha value is -2.92. The Labute approximate surface area is 188 Å². The van der Waals surface area contributed by atoms with Gasteiger partial charge in [-0.25, -0.2) is 4.79 Å². The van der Waals surface area contributed by atoms with Crippen molar-refractivity contribution in [3.05, 3.63) is 40.3 Å². The molecule has 1 N–H and O–H groups in total. The van der Waals surface area contributed by atoms with Gasteiger partial charge in [-0.1, -0.05) is 18.7 Å². The molecule has 0 fully saturated rings. The number of ether oxygens (including phenoxy) is 2. The molecule has 2 heterocycles. The number of nitrogens with one attached hydrogen (secondary N) is 1. The quantitative estimate of drug-likeness (QED) is 0.381. The van der Waals surface area contributed by atoms with E-state index >= 15 is 0 Å². The van der Waals surface area contributed by atoms with Crippen LogP contribution in [0.5, 0.6) is 5.75 Å². The van der Waals surface area contributed by atoms with Crippen LogP contribution in [0.3, 0.4) is 0 Å². The third-order valence-corrected chi connectivity index (χ3v) is 6.37. The third kappa shape index (κ3) is 5.23. The number of thioether (sulfide) groups is 1. The van der Waals surface area contributed by atoms with Crippen molar-refractivity contribution < 1.29 is 19.1 Å². The first-order valence-corrected chi connectivity index (χ1v) is 11.4. The maximum Gasteiger partial charge on any atom is 0.341 e. The van der Waals surface area contributed by atoms with Crippen LogP contribution >= 0.6 is 23.1 Å². The number of nitrogens with zero attached hydrogens (tertiary/aromatic N) is 4. The van der Waals surface area contributed by atoms with Crippen LogP contribution in [0.25, 0.3) is 5.69 Å². The number of benzene rings is 1. The lowest BCUT2D eigenvalue weighted by molar-refractivity contribution is -0.113. The van der Waals surface area contributed by atoms with E-state index < -0.39 is 5.97 Å². The Bertz CT molecular complexity index is 1060. The van der Waals surface area contributed by atoms with E-state index in [-0.39, 0.29) is 18.3 Å². The van der Waals surface area contributed by atoms with Crippen molar-refractivity contribution in [2.24, 2.45) is 0 Å². The van der Waals surface area contributed by atoms with E-state index in [4.69, 9.17) is 9.47 Å². The molecule has 0 atom stereocenters. The molecule has 0 radical (unpaired) electrons. The number of carbonyl (C=O) groups excluding carboxylic acids is 2. The molecule has 0 aliphatic heterocycles. The van der Waals surface area contributed by atoms with Crippen molar-refractivity contribution in [2.45, 2.75) is 32.3 Å². The molecule has 3 aromatic rings. The van der Waals surface area contributed by atoms with Crippen LogP contribution in [0.15, 0.2) is 29.4 Å². The summed E-state index contributed by atoms with van der Waals surface area (Å²) in [7, 11) is 1.60. The number of aromatic nitrogens is 4. The number of anilines is 1. The van der Waals surface area contributed by atoms with Crippen LogP contribution in [-0.4, -0.2) is 51.6 Å². The molecule has 0 spiro atoms. The van der Waals surface area contributed by atoms with Gasteiger partial charge >= 0.3 is 5.97 Å². The van der Waals surface area contributed by atoms with Crippen LogP contribution in [0.1, 0.15) is 34.6 Å².